The Morgan fingerprint density at radius 1 is 1.25 bits per heavy atom. The fraction of sp³-hybridized carbons (Fsp3) is 0.625. The molecule has 2 rings (SSSR count). The van der Waals surface area contributed by atoms with Crippen molar-refractivity contribution < 1.29 is 14.2 Å². The van der Waals surface area contributed by atoms with E-state index in [1.54, 1.807) is 0 Å². The van der Waals surface area contributed by atoms with Crippen LogP contribution in [0, 0.1) is 0 Å². The molecule has 112 valence electrons. The van der Waals surface area contributed by atoms with Crippen molar-refractivity contribution in [1.82, 2.24) is 0 Å². The zero-order chi connectivity index (χ0) is 14.4. The van der Waals surface area contributed by atoms with Crippen molar-refractivity contribution in [2.24, 2.45) is 5.73 Å². The number of benzene rings is 1. The third-order valence-electron chi connectivity index (χ3n) is 3.54. The van der Waals surface area contributed by atoms with Crippen LogP contribution in [0.4, 0.5) is 0 Å². The minimum Gasteiger partial charge on any atom is -0.490 e. The molecule has 4 nitrogen and oxygen atoms in total. The van der Waals surface area contributed by atoms with Crippen molar-refractivity contribution in [3.05, 3.63) is 23.8 Å². The summed E-state index contributed by atoms with van der Waals surface area (Å²) in [5.74, 6) is 1.55. The maximum atomic E-state index is 6.29. The van der Waals surface area contributed by atoms with Crippen LogP contribution < -0.4 is 15.2 Å². The topological polar surface area (TPSA) is 53.7 Å². The number of hydrogen-bond acceptors (Lipinski definition) is 4. The molecule has 1 heterocycles. The Kier molecular flexibility index (Phi) is 5.68. The maximum absolute atomic E-state index is 6.29. The highest BCUT2D eigenvalue weighted by Gasteiger charge is 2.20. The van der Waals surface area contributed by atoms with Gasteiger partial charge in [-0.25, -0.2) is 0 Å². The van der Waals surface area contributed by atoms with E-state index in [0.717, 1.165) is 42.9 Å². The third-order valence-corrected chi connectivity index (χ3v) is 3.54. The highest BCUT2D eigenvalue weighted by molar-refractivity contribution is 5.44. The molecule has 2 atom stereocenters. The van der Waals surface area contributed by atoms with E-state index in [1.807, 2.05) is 32.0 Å². The molecule has 1 aromatic carbocycles. The standard InChI is InChI=1S/C16H25NO3/c1-3-18-15-8-7-12(10-16(15)19-4-2)14(17)11-13-6-5-9-20-13/h7-8,10,13-14H,3-6,9,11,17H2,1-2H3. The summed E-state index contributed by atoms with van der Waals surface area (Å²) in [7, 11) is 0. The molecule has 1 fully saturated rings. The molecule has 0 aliphatic carbocycles. The van der Waals surface area contributed by atoms with Gasteiger partial charge in [-0.2, -0.15) is 0 Å². The first-order chi connectivity index (χ1) is 9.74. The SMILES string of the molecule is CCOc1ccc(C(N)CC2CCCO2)cc1OCC. The molecule has 0 aromatic heterocycles. The van der Waals surface area contributed by atoms with Gasteiger partial charge in [0, 0.05) is 12.6 Å². The highest BCUT2D eigenvalue weighted by Crippen LogP contribution is 2.32. The molecule has 1 aliphatic rings. The molecular weight excluding hydrogens is 254 g/mol. The summed E-state index contributed by atoms with van der Waals surface area (Å²) in [4.78, 5) is 0. The van der Waals surface area contributed by atoms with Crippen LogP contribution in [0.25, 0.3) is 0 Å². The van der Waals surface area contributed by atoms with Gasteiger partial charge >= 0.3 is 0 Å². The van der Waals surface area contributed by atoms with Crippen LogP contribution in [0.2, 0.25) is 0 Å². The van der Waals surface area contributed by atoms with Gasteiger partial charge < -0.3 is 19.9 Å². The average Bonchev–Trinajstić information content (AvgIpc) is 2.94. The maximum Gasteiger partial charge on any atom is 0.161 e. The molecule has 0 radical (unpaired) electrons. The number of rotatable bonds is 7. The number of nitrogens with two attached hydrogens (primary N) is 1. The first-order valence-electron chi connectivity index (χ1n) is 7.51. The lowest BCUT2D eigenvalue weighted by Gasteiger charge is -2.18. The van der Waals surface area contributed by atoms with E-state index in [4.69, 9.17) is 19.9 Å². The van der Waals surface area contributed by atoms with E-state index in [1.165, 1.54) is 0 Å². The summed E-state index contributed by atoms with van der Waals surface area (Å²) >= 11 is 0. The molecule has 4 heteroatoms. The molecule has 0 saturated carbocycles. The molecule has 1 aromatic rings. The van der Waals surface area contributed by atoms with Gasteiger partial charge in [0.05, 0.1) is 19.3 Å². The van der Waals surface area contributed by atoms with Crippen LogP contribution in [-0.4, -0.2) is 25.9 Å². The van der Waals surface area contributed by atoms with E-state index in [2.05, 4.69) is 0 Å². The Balaban J connectivity index is 2.07. The molecule has 0 bridgehead atoms. The molecular formula is C16H25NO3. The van der Waals surface area contributed by atoms with E-state index in [9.17, 15) is 0 Å². The van der Waals surface area contributed by atoms with Gasteiger partial charge in [-0.3, -0.25) is 0 Å². The van der Waals surface area contributed by atoms with E-state index in [-0.39, 0.29) is 6.04 Å². The molecule has 0 spiro atoms. The Morgan fingerprint density at radius 2 is 2.00 bits per heavy atom. The van der Waals surface area contributed by atoms with Crippen molar-refractivity contribution in [2.75, 3.05) is 19.8 Å². The fourth-order valence-electron chi connectivity index (χ4n) is 2.55. The molecule has 20 heavy (non-hydrogen) atoms. The minimum atomic E-state index is -0.0204. The number of ether oxygens (including phenoxy) is 3. The quantitative estimate of drug-likeness (QED) is 0.833. The smallest absolute Gasteiger partial charge is 0.161 e. The lowest BCUT2D eigenvalue weighted by Crippen LogP contribution is -2.18. The largest absolute Gasteiger partial charge is 0.490 e. The Hall–Kier alpha value is -1.26. The summed E-state index contributed by atoms with van der Waals surface area (Å²) in [6.45, 7) is 6.04. The van der Waals surface area contributed by atoms with Gasteiger partial charge in [0.15, 0.2) is 11.5 Å². The lowest BCUT2D eigenvalue weighted by molar-refractivity contribution is 0.0983. The van der Waals surface area contributed by atoms with Crippen LogP contribution >= 0.6 is 0 Å². The summed E-state index contributed by atoms with van der Waals surface area (Å²) in [6.07, 6.45) is 3.42. The Bertz CT molecular complexity index is 416. The second-order valence-corrected chi connectivity index (χ2v) is 5.05. The third kappa shape index (κ3) is 3.87. The lowest BCUT2D eigenvalue weighted by atomic mass is 10.00. The van der Waals surface area contributed by atoms with Crippen molar-refractivity contribution >= 4 is 0 Å². The summed E-state index contributed by atoms with van der Waals surface area (Å²) in [6, 6.07) is 5.94. The minimum absolute atomic E-state index is 0.0204. The van der Waals surface area contributed by atoms with Crippen LogP contribution in [-0.2, 0) is 4.74 Å². The van der Waals surface area contributed by atoms with Crippen LogP contribution in [0.5, 0.6) is 11.5 Å². The molecule has 1 saturated heterocycles. The van der Waals surface area contributed by atoms with Crippen molar-refractivity contribution in [1.29, 1.82) is 0 Å². The van der Waals surface area contributed by atoms with Crippen LogP contribution in [0.1, 0.15) is 44.7 Å². The van der Waals surface area contributed by atoms with Gasteiger partial charge in [-0.05, 0) is 50.8 Å². The molecule has 2 unspecified atom stereocenters. The molecule has 2 N–H and O–H groups in total. The zero-order valence-electron chi connectivity index (χ0n) is 12.4. The first kappa shape index (κ1) is 15.1. The normalized spacial score (nSPS) is 19.9. The van der Waals surface area contributed by atoms with E-state index in [0.29, 0.717) is 19.3 Å². The van der Waals surface area contributed by atoms with E-state index < -0.39 is 0 Å². The first-order valence-corrected chi connectivity index (χ1v) is 7.51. The summed E-state index contributed by atoms with van der Waals surface area (Å²) in [5, 5.41) is 0. The highest BCUT2D eigenvalue weighted by atomic mass is 16.5. The fourth-order valence-corrected chi connectivity index (χ4v) is 2.55. The molecule has 1 aliphatic heterocycles. The molecule has 0 amide bonds. The predicted octanol–water partition coefficient (Wildman–Crippen LogP) is 3.05. The second-order valence-electron chi connectivity index (χ2n) is 5.05. The van der Waals surface area contributed by atoms with Gasteiger partial charge in [0.1, 0.15) is 0 Å². The van der Waals surface area contributed by atoms with Crippen LogP contribution in [0.3, 0.4) is 0 Å². The van der Waals surface area contributed by atoms with Gasteiger partial charge in [-0.1, -0.05) is 6.07 Å². The number of hydrogen-bond donors (Lipinski definition) is 1. The van der Waals surface area contributed by atoms with Gasteiger partial charge in [0.2, 0.25) is 0 Å². The van der Waals surface area contributed by atoms with E-state index >= 15 is 0 Å². The second kappa shape index (κ2) is 7.50. The average molecular weight is 279 g/mol. The monoisotopic (exact) mass is 279 g/mol. The summed E-state index contributed by atoms with van der Waals surface area (Å²) < 4.78 is 16.9. The van der Waals surface area contributed by atoms with Crippen molar-refractivity contribution in [2.45, 2.75) is 45.3 Å². The Morgan fingerprint density at radius 3 is 2.65 bits per heavy atom. The Labute approximate surface area is 121 Å². The predicted molar refractivity (Wildman–Crippen MR) is 79.3 cm³/mol. The van der Waals surface area contributed by atoms with Crippen molar-refractivity contribution in [3.8, 4) is 11.5 Å². The zero-order valence-corrected chi connectivity index (χ0v) is 12.4. The summed E-state index contributed by atoms with van der Waals surface area (Å²) in [5.41, 5.74) is 7.36. The van der Waals surface area contributed by atoms with Crippen LogP contribution in [0.15, 0.2) is 18.2 Å². The van der Waals surface area contributed by atoms with Gasteiger partial charge in [0.25, 0.3) is 0 Å². The van der Waals surface area contributed by atoms with Crippen molar-refractivity contribution in [3.63, 3.8) is 0 Å². The van der Waals surface area contributed by atoms with Gasteiger partial charge in [-0.15, -0.1) is 0 Å².